The summed E-state index contributed by atoms with van der Waals surface area (Å²) in [4.78, 5) is 5.02. The molecule has 0 atom stereocenters. The number of aliphatic hydroxyl groups is 1. The van der Waals surface area contributed by atoms with Crippen molar-refractivity contribution in [2.24, 2.45) is 0 Å². The summed E-state index contributed by atoms with van der Waals surface area (Å²) < 4.78 is 1.12. The van der Waals surface area contributed by atoms with Gasteiger partial charge in [-0.1, -0.05) is 0 Å². The summed E-state index contributed by atoms with van der Waals surface area (Å²) in [5, 5.41) is 10.9. The highest BCUT2D eigenvalue weighted by molar-refractivity contribution is 7.19. The molecule has 0 aliphatic rings. The molecule has 0 spiro atoms. The molecular weight excluding hydrogens is 182 g/mol. The highest BCUT2D eigenvalue weighted by atomic mass is 32.1. The molecule has 0 saturated carbocycles. The molecule has 2 heterocycles. The van der Waals surface area contributed by atoms with E-state index >= 15 is 0 Å². The van der Waals surface area contributed by atoms with Crippen molar-refractivity contribution in [2.45, 2.75) is 19.4 Å². The molecule has 2 rings (SSSR count). The Morgan fingerprint density at radius 2 is 2.23 bits per heavy atom. The van der Waals surface area contributed by atoms with Gasteiger partial charge in [0.15, 0.2) is 0 Å². The monoisotopic (exact) mass is 193 g/mol. The van der Waals surface area contributed by atoms with Crippen molar-refractivity contribution in [3.05, 3.63) is 29.4 Å². The lowest BCUT2D eigenvalue weighted by Crippen LogP contribution is -2.12. The Morgan fingerprint density at radius 3 is 2.85 bits per heavy atom. The van der Waals surface area contributed by atoms with Crippen LogP contribution in [0.4, 0.5) is 0 Å². The molecule has 0 aromatic carbocycles. The third-order valence-electron chi connectivity index (χ3n) is 1.93. The Bertz CT molecular complexity index is 395. The normalized spacial score (nSPS) is 12.2. The van der Waals surface area contributed by atoms with Crippen molar-refractivity contribution in [1.82, 2.24) is 4.98 Å². The first-order chi connectivity index (χ1) is 6.07. The van der Waals surface area contributed by atoms with Gasteiger partial charge in [-0.3, -0.25) is 4.98 Å². The lowest BCUT2D eigenvalue weighted by atomic mass is 10.1. The number of nitrogens with zero attached hydrogens (tertiary/aromatic N) is 1. The first-order valence-electron chi connectivity index (χ1n) is 4.14. The third-order valence-corrected chi connectivity index (χ3v) is 3.32. The molecule has 68 valence electrons. The number of hydrogen-bond donors (Lipinski definition) is 1. The van der Waals surface area contributed by atoms with Gasteiger partial charge in [-0.25, -0.2) is 0 Å². The Labute approximate surface area is 80.9 Å². The lowest BCUT2D eigenvalue weighted by Gasteiger charge is -2.13. The quantitative estimate of drug-likeness (QED) is 0.755. The standard InChI is InChI=1S/C10H11NOS/c1-10(2,12)9-5-7-3-4-11-6-8(7)13-9/h3-6,12H,1-2H3. The van der Waals surface area contributed by atoms with Crippen LogP contribution in [0.25, 0.3) is 10.1 Å². The first-order valence-corrected chi connectivity index (χ1v) is 4.95. The molecule has 0 radical (unpaired) electrons. The maximum absolute atomic E-state index is 9.78. The first kappa shape index (κ1) is 8.66. The molecule has 0 amide bonds. The molecule has 13 heavy (non-hydrogen) atoms. The largest absolute Gasteiger partial charge is 0.385 e. The van der Waals surface area contributed by atoms with Crippen LogP contribution in [0.3, 0.4) is 0 Å². The van der Waals surface area contributed by atoms with Crippen LogP contribution < -0.4 is 0 Å². The van der Waals surface area contributed by atoms with Crippen LogP contribution in [-0.2, 0) is 5.60 Å². The van der Waals surface area contributed by atoms with Gasteiger partial charge in [-0.15, -0.1) is 11.3 Å². The van der Waals surface area contributed by atoms with Crippen LogP contribution in [0.5, 0.6) is 0 Å². The van der Waals surface area contributed by atoms with E-state index in [1.54, 1.807) is 31.4 Å². The number of fused-ring (bicyclic) bond motifs is 1. The zero-order chi connectivity index (χ0) is 9.47. The maximum atomic E-state index is 9.78. The highest BCUT2D eigenvalue weighted by Crippen LogP contribution is 2.31. The minimum absolute atomic E-state index is 0.746. The van der Waals surface area contributed by atoms with Gasteiger partial charge in [-0.2, -0.15) is 0 Å². The number of rotatable bonds is 1. The van der Waals surface area contributed by atoms with Crippen LogP contribution in [0.1, 0.15) is 18.7 Å². The van der Waals surface area contributed by atoms with Crippen molar-refractivity contribution in [3.8, 4) is 0 Å². The number of thiophene rings is 1. The smallest absolute Gasteiger partial charge is 0.0932 e. The van der Waals surface area contributed by atoms with Gasteiger partial charge in [0.25, 0.3) is 0 Å². The minimum atomic E-state index is -0.746. The molecule has 2 aromatic rings. The fraction of sp³-hybridized carbons (Fsp3) is 0.300. The zero-order valence-corrected chi connectivity index (χ0v) is 8.43. The Morgan fingerprint density at radius 1 is 1.46 bits per heavy atom. The van der Waals surface area contributed by atoms with E-state index in [0.29, 0.717) is 0 Å². The predicted octanol–water partition coefficient (Wildman–Crippen LogP) is 2.52. The van der Waals surface area contributed by atoms with Crippen LogP contribution in [0.2, 0.25) is 0 Å². The van der Waals surface area contributed by atoms with Gasteiger partial charge in [-0.05, 0) is 31.4 Å². The fourth-order valence-electron chi connectivity index (χ4n) is 1.19. The summed E-state index contributed by atoms with van der Waals surface area (Å²) in [7, 11) is 0. The van der Waals surface area contributed by atoms with E-state index in [0.717, 1.165) is 15.0 Å². The van der Waals surface area contributed by atoms with Gasteiger partial charge in [0.05, 0.1) is 10.3 Å². The number of pyridine rings is 1. The van der Waals surface area contributed by atoms with E-state index in [9.17, 15) is 5.11 Å². The summed E-state index contributed by atoms with van der Waals surface area (Å²) in [6.07, 6.45) is 3.60. The maximum Gasteiger partial charge on any atom is 0.0932 e. The topological polar surface area (TPSA) is 33.1 Å². The van der Waals surface area contributed by atoms with E-state index in [1.165, 1.54) is 0 Å². The minimum Gasteiger partial charge on any atom is -0.385 e. The molecule has 2 aromatic heterocycles. The zero-order valence-electron chi connectivity index (χ0n) is 7.61. The predicted molar refractivity (Wildman–Crippen MR) is 54.9 cm³/mol. The van der Waals surface area contributed by atoms with Crippen molar-refractivity contribution in [1.29, 1.82) is 0 Å². The molecule has 0 bridgehead atoms. The molecule has 0 saturated heterocycles. The van der Waals surface area contributed by atoms with Crippen molar-refractivity contribution < 1.29 is 5.11 Å². The second-order valence-electron chi connectivity index (χ2n) is 3.58. The Kier molecular flexibility index (Phi) is 1.86. The van der Waals surface area contributed by atoms with E-state index < -0.39 is 5.60 Å². The van der Waals surface area contributed by atoms with E-state index in [2.05, 4.69) is 4.98 Å². The van der Waals surface area contributed by atoms with Crippen LogP contribution >= 0.6 is 11.3 Å². The summed E-state index contributed by atoms with van der Waals surface area (Å²) in [5.41, 5.74) is -0.746. The molecule has 0 aliphatic carbocycles. The van der Waals surface area contributed by atoms with Gasteiger partial charge in [0, 0.05) is 17.3 Å². The van der Waals surface area contributed by atoms with Crippen molar-refractivity contribution >= 4 is 21.4 Å². The molecule has 0 unspecified atom stereocenters. The van der Waals surface area contributed by atoms with Crippen LogP contribution in [-0.4, -0.2) is 10.1 Å². The van der Waals surface area contributed by atoms with Crippen LogP contribution in [0, 0.1) is 0 Å². The molecule has 2 nitrogen and oxygen atoms in total. The highest BCUT2D eigenvalue weighted by Gasteiger charge is 2.18. The SMILES string of the molecule is CC(C)(O)c1cc2ccncc2s1. The second kappa shape index (κ2) is 2.79. The second-order valence-corrected chi connectivity index (χ2v) is 4.67. The fourth-order valence-corrected chi connectivity index (χ4v) is 2.22. The van der Waals surface area contributed by atoms with E-state index in [1.807, 2.05) is 18.3 Å². The van der Waals surface area contributed by atoms with E-state index in [4.69, 9.17) is 0 Å². The van der Waals surface area contributed by atoms with Crippen molar-refractivity contribution in [3.63, 3.8) is 0 Å². The number of hydrogen-bond acceptors (Lipinski definition) is 3. The molecular formula is C10H11NOS. The van der Waals surface area contributed by atoms with Gasteiger partial charge in [0.1, 0.15) is 0 Å². The number of aromatic nitrogens is 1. The van der Waals surface area contributed by atoms with Gasteiger partial charge >= 0.3 is 0 Å². The average molecular weight is 193 g/mol. The Hall–Kier alpha value is -0.930. The van der Waals surface area contributed by atoms with Gasteiger partial charge in [0.2, 0.25) is 0 Å². The van der Waals surface area contributed by atoms with Gasteiger partial charge < -0.3 is 5.11 Å². The third kappa shape index (κ3) is 1.57. The van der Waals surface area contributed by atoms with E-state index in [-0.39, 0.29) is 0 Å². The molecule has 1 N–H and O–H groups in total. The van der Waals surface area contributed by atoms with Crippen molar-refractivity contribution in [2.75, 3.05) is 0 Å². The summed E-state index contributed by atoms with van der Waals surface area (Å²) >= 11 is 1.59. The molecule has 3 heteroatoms. The van der Waals surface area contributed by atoms with Crippen LogP contribution in [0.15, 0.2) is 24.5 Å². The average Bonchev–Trinajstić information content (AvgIpc) is 2.45. The summed E-state index contributed by atoms with van der Waals surface area (Å²) in [5.74, 6) is 0. The summed E-state index contributed by atoms with van der Waals surface area (Å²) in [6, 6.07) is 3.97. The molecule has 0 aliphatic heterocycles. The summed E-state index contributed by atoms with van der Waals surface area (Å²) in [6.45, 7) is 3.59. The lowest BCUT2D eigenvalue weighted by molar-refractivity contribution is 0.0826. The Balaban J connectivity index is 2.63. The molecule has 0 fully saturated rings.